The molecule has 0 amide bonds. The lowest BCUT2D eigenvalue weighted by Gasteiger charge is -2.08. The Hall–Kier alpha value is -1.46. The van der Waals surface area contributed by atoms with E-state index in [0.29, 0.717) is 0 Å². The minimum atomic E-state index is -0.272. The van der Waals surface area contributed by atoms with E-state index in [1.165, 1.54) is 0 Å². The summed E-state index contributed by atoms with van der Waals surface area (Å²) in [5.74, 6) is 3.36. The average molecular weight is 176 g/mol. The van der Waals surface area contributed by atoms with E-state index in [-0.39, 0.29) is 6.10 Å². The molecule has 0 aromatic heterocycles. The fraction of sp³-hybridized carbons (Fsp3) is 0.273. The van der Waals surface area contributed by atoms with Gasteiger partial charge in [0.15, 0.2) is 0 Å². The molecule has 1 rings (SSSR count). The lowest BCUT2D eigenvalue weighted by molar-refractivity contribution is 0.150. The summed E-state index contributed by atoms with van der Waals surface area (Å²) in [4.78, 5) is 0. The van der Waals surface area contributed by atoms with E-state index < -0.39 is 0 Å². The maximum Gasteiger partial charge on any atom is 0.142 e. The molecule has 1 aromatic carbocycles. The fourth-order valence-electron chi connectivity index (χ4n) is 1.08. The number of terminal acetylenes is 1. The molecule has 1 atom stereocenters. The van der Waals surface area contributed by atoms with Gasteiger partial charge in [-0.2, -0.15) is 0 Å². The molecule has 0 spiro atoms. The van der Waals surface area contributed by atoms with Crippen LogP contribution in [0.2, 0.25) is 0 Å². The van der Waals surface area contributed by atoms with Crippen molar-refractivity contribution in [2.75, 3.05) is 14.2 Å². The quantitative estimate of drug-likeness (QED) is 0.656. The summed E-state index contributed by atoms with van der Waals surface area (Å²) in [6.07, 6.45) is 5.01. The van der Waals surface area contributed by atoms with Crippen molar-refractivity contribution in [3.8, 4) is 18.1 Å². The Balaban J connectivity index is 2.86. The molecule has 0 fully saturated rings. The molecule has 0 bridgehead atoms. The van der Waals surface area contributed by atoms with Crippen molar-refractivity contribution in [1.29, 1.82) is 0 Å². The van der Waals surface area contributed by atoms with Crippen LogP contribution >= 0.6 is 0 Å². The van der Waals surface area contributed by atoms with Crippen LogP contribution in [0.15, 0.2) is 24.3 Å². The van der Waals surface area contributed by atoms with Gasteiger partial charge in [0.05, 0.1) is 7.11 Å². The summed E-state index contributed by atoms with van der Waals surface area (Å²) < 4.78 is 10.1. The first-order chi connectivity index (χ1) is 6.31. The first-order valence-corrected chi connectivity index (χ1v) is 3.94. The van der Waals surface area contributed by atoms with Gasteiger partial charge < -0.3 is 9.47 Å². The van der Waals surface area contributed by atoms with Crippen LogP contribution in [0.5, 0.6) is 5.75 Å². The van der Waals surface area contributed by atoms with Crippen molar-refractivity contribution in [3.63, 3.8) is 0 Å². The molecule has 0 saturated heterocycles. The smallest absolute Gasteiger partial charge is 0.142 e. The minimum Gasteiger partial charge on any atom is -0.497 e. The van der Waals surface area contributed by atoms with Crippen LogP contribution in [0.4, 0.5) is 0 Å². The van der Waals surface area contributed by atoms with Gasteiger partial charge in [-0.25, -0.2) is 0 Å². The summed E-state index contributed by atoms with van der Waals surface area (Å²) in [5, 5.41) is 0. The molecular formula is C11H12O2. The zero-order valence-corrected chi connectivity index (χ0v) is 7.78. The highest BCUT2D eigenvalue weighted by atomic mass is 16.5. The topological polar surface area (TPSA) is 18.5 Å². The first-order valence-electron chi connectivity index (χ1n) is 3.94. The zero-order valence-electron chi connectivity index (χ0n) is 7.78. The molecule has 1 aromatic rings. The maximum absolute atomic E-state index is 5.28. The van der Waals surface area contributed by atoms with Gasteiger partial charge in [-0.15, -0.1) is 6.42 Å². The molecule has 0 aliphatic rings. The van der Waals surface area contributed by atoms with Gasteiger partial charge in [-0.3, -0.25) is 0 Å². The Morgan fingerprint density at radius 2 is 1.85 bits per heavy atom. The largest absolute Gasteiger partial charge is 0.497 e. The molecule has 0 N–H and O–H groups in total. The fourth-order valence-corrected chi connectivity index (χ4v) is 1.08. The second-order valence-corrected chi connectivity index (χ2v) is 2.56. The van der Waals surface area contributed by atoms with Gasteiger partial charge >= 0.3 is 0 Å². The predicted octanol–water partition coefficient (Wildman–Crippen LogP) is 2.02. The monoisotopic (exact) mass is 176 g/mol. The second kappa shape index (κ2) is 4.54. The third-order valence-corrected chi connectivity index (χ3v) is 1.81. The molecule has 13 heavy (non-hydrogen) atoms. The number of hydrogen-bond donors (Lipinski definition) is 0. The van der Waals surface area contributed by atoms with Gasteiger partial charge in [-0.1, -0.05) is 18.1 Å². The Kier molecular flexibility index (Phi) is 3.36. The molecule has 2 nitrogen and oxygen atoms in total. The lowest BCUT2D eigenvalue weighted by Crippen LogP contribution is -1.97. The zero-order chi connectivity index (χ0) is 9.68. The molecule has 0 saturated carbocycles. The Labute approximate surface area is 78.5 Å². The van der Waals surface area contributed by atoms with Crippen molar-refractivity contribution in [3.05, 3.63) is 29.8 Å². The van der Waals surface area contributed by atoms with E-state index in [0.717, 1.165) is 11.3 Å². The summed E-state index contributed by atoms with van der Waals surface area (Å²) in [6, 6.07) is 7.51. The van der Waals surface area contributed by atoms with Crippen LogP contribution in [0.1, 0.15) is 11.7 Å². The Morgan fingerprint density at radius 3 is 2.23 bits per heavy atom. The second-order valence-electron chi connectivity index (χ2n) is 2.56. The molecule has 2 heteroatoms. The highest BCUT2D eigenvalue weighted by Gasteiger charge is 2.05. The van der Waals surface area contributed by atoms with Crippen molar-refractivity contribution in [2.45, 2.75) is 6.10 Å². The van der Waals surface area contributed by atoms with Crippen LogP contribution in [0.25, 0.3) is 0 Å². The van der Waals surface area contributed by atoms with Crippen LogP contribution < -0.4 is 4.74 Å². The number of rotatable bonds is 3. The van der Waals surface area contributed by atoms with Crippen molar-refractivity contribution in [1.82, 2.24) is 0 Å². The minimum absolute atomic E-state index is 0.272. The van der Waals surface area contributed by atoms with Crippen LogP contribution in [0, 0.1) is 12.3 Å². The highest BCUT2D eigenvalue weighted by Crippen LogP contribution is 2.18. The molecular weight excluding hydrogens is 164 g/mol. The first kappa shape index (κ1) is 9.63. The highest BCUT2D eigenvalue weighted by molar-refractivity contribution is 5.31. The summed E-state index contributed by atoms with van der Waals surface area (Å²) in [6.45, 7) is 0. The summed E-state index contributed by atoms with van der Waals surface area (Å²) >= 11 is 0. The van der Waals surface area contributed by atoms with Gasteiger partial charge in [0.2, 0.25) is 0 Å². The molecule has 68 valence electrons. The van der Waals surface area contributed by atoms with Crippen LogP contribution in [-0.2, 0) is 4.74 Å². The standard InChI is InChI=1S/C11H12O2/c1-4-11(13-3)9-5-7-10(12-2)8-6-9/h1,5-8,11H,2-3H3. The van der Waals surface area contributed by atoms with E-state index in [1.54, 1.807) is 14.2 Å². The van der Waals surface area contributed by atoms with Gasteiger partial charge in [-0.05, 0) is 17.7 Å². The third kappa shape index (κ3) is 2.24. The lowest BCUT2D eigenvalue weighted by atomic mass is 10.1. The number of ether oxygens (including phenoxy) is 2. The van der Waals surface area contributed by atoms with Gasteiger partial charge in [0.1, 0.15) is 11.9 Å². The molecule has 0 aliphatic heterocycles. The summed E-state index contributed by atoms with van der Waals surface area (Å²) in [7, 11) is 3.22. The van der Waals surface area contributed by atoms with E-state index in [9.17, 15) is 0 Å². The molecule has 0 radical (unpaired) electrons. The van der Waals surface area contributed by atoms with Gasteiger partial charge in [0, 0.05) is 7.11 Å². The Bertz CT molecular complexity index is 295. The van der Waals surface area contributed by atoms with Crippen molar-refractivity contribution in [2.24, 2.45) is 0 Å². The van der Waals surface area contributed by atoms with E-state index in [2.05, 4.69) is 5.92 Å². The van der Waals surface area contributed by atoms with Crippen LogP contribution in [-0.4, -0.2) is 14.2 Å². The predicted molar refractivity (Wildman–Crippen MR) is 51.6 cm³/mol. The number of methoxy groups -OCH3 is 2. The van der Waals surface area contributed by atoms with Crippen molar-refractivity contribution >= 4 is 0 Å². The van der Waals surface area contributed by atoms with Crippen molar-refractivity contribution < 1.29 is 9.47 Å². The van der Waals surface area contributed by atoms with E-state index >= 15 is 0 Å². The maximum atomic E-state index is 5.28. The Morgan fingerprint density at radius 1 is 1.23 bits per heavy atom. The van der Waals surface area contributed by atoms with E-state index in [4.69, 9.17) is 15.9 Å². The average Bonchev–Trinajstić information content (AvgIpc) is 2.21. The molecule has 0 aliphatic carbocycles. The molecule has 1 unspecified atom stereocenters. The number of hydrogen-bond acceptors (Lipinski definition) is 2. The molecule has 0 heterocycles. The normalized spacial score (nSPS) is 11.8. The van der Waals surface area contributed by atoms with E-state index in [1.807, 2.05) is 24.3 Å². The summed E-state index contributed by atoms with van der Waals surface area (Å²) in [5.41, 5.74) is 0.964. The van der Waals surface area contributed by atoms with Crippen LogP contribution in [0.3, 0.4) is 0 Å². The third-order valence-electron chi connectivity index (χ3n) is 1.81. The SMILES string of the molecule is C#CC(OC)c1ccc(OC)cc1. The van der Waals surface area contributed by atoms with Gasteiger partial charge in [0.25, 0.3) is 0 Å². The number of benzene rings is 1.